The minimum atomic E-state index is -2.42. The van der Waals surface area contributed by atoms with Crippen LogP contribution in [0.1, 0.15) is 19.4 Å². The van der Waals surface area contributed by atoms with Gasteiger partial charge in [0.1, 0.15) is 17.9 Å². The van der Waals surface area contributed by atoms with Crippen LogP contribution < -0.4 is 4.74 Å². The van der Waals surface area contributed by atoms with Crippen LogP contribution in [-0.4, -0.2) is 44.9 Å². The average molecular weight is 378 g/mol. The fraction of sp³-hybridized carbons (Fsp3) is 0.368. The third-order valence-corrected chi connectivity index (χ3v) is 5.33. The second-order valence-electron chi connectivity index (χ2n) is 6.02. The molecule has 1 aromatic rings. The van der Waals surface area contributed by atoms with Gasteiger partial charge in [-0.2, -0.15) is 0 Å². The number of benzene rings is 1. The number of rotatable bonds is 9. The Bertz CT molecular complexity index is 650. The van der Waals surface area contributed by atoms with Gasteiger partial charge in [-0.15, -0.1) is 0 Å². The van der Waals surface area contributed by atoms with E-state index in [4.69, 9.17) is 14.2 Å². The molecule has 1 rings (SSSR count). The number of hydrogen-bond acceptors (Lipinski definition) is 6. The van der Waals surface area contributed by atoms with Crippen molar-refractivity contribution in [3.63, 3.8) is 0 Å². The van der Waals surface area contributed by atoms with E-state index >= 15 is 0 Å². The van der Waals surface area contributed by atoms with Gasteiger partial charge >= 0.3 is 11.9 Å². The van der Waals surface area contributed by atoms with E-state index in [0.717, 1.165) is 0 Å². The van der Waals surface area contributed by atoms with Gasteiger partial charge in [-0.1, -0.05) is 18.7 Å². The monoisotopic (exact) mass is 378 g/mol. The quantitative estimate of drug-likeness (QED) is 0.234. The summed E-state index contributed by atoms with van der Waals surface area (Å²) in [6, 6.07) is 6.83. The summed E-state index contributed by atoms with van der Waals surface area (Å²) in [7, 11) is -2.42. The lowest BCUT2D eigenvalue weighted by atomic mass is 10.1. The fourth-order valence-electron chi connectivity index (χ4n) is 1.79. The van der Waals surface area contributed by atoms with E-state index in [-0.39, 0.29) is 25.4 Å². The van der Waals surface area contributed by atoms with Gasteiger partial charge in [0.05, 0.1) is 13.2 Å². The second kappa shape index (κ2) is 9.93. The van der Waals surface area contributed by atoms with Crippen LogP contribution in [0.15, 0.2) is 41.6 Å². The fourth-order valence-corrected chi connectivity index (χ4v) is 2.22. The lowest BCUT2D eigenvalue weighted by molar-refractivity contribution is -0.146. The minimum Gasteiger partial charge on any atom is -0.490 e. The van der Waals surface area contributed by atoms with Crippen LogP contribution in [0.3, 0.4) is 0 Å². The molecule has 142 valence electrons. The van der Waals surface area contributed by atoms with Crippen molar-refractivity contribution in [3.8, 4) is 5.75 Å². The Balaban J connectivity index is 2.89. The second-order valence-corrected chi connectivity index (χ2v) is 9.84. The van der Waals surface area contributed by atoms with Crippen molar-refractivity contribution in [1.29, 1.82) is 0 Å². The first kappa shape index (κ1) is 21.7. The molecule has 0 aliphatic carbocycles. The van der Waals surface area contributed by atoms with E-state index in [2.05, 4.69) is 6.58 Å². The number of ether oxygens (including phenoxy) is 3. The first-order valence-corrected chi connectivity index (χ1v) is 11.3. The van der Waals surface area contributed by atoms with Crippen LogP contribution in [-0.2, 0) is 19.1 Å². The first-order chi connectivity index (χ1) is 12.2. The van der Waals surface area contributed by atoms with Crippen molar-refractivity contribution < 1.29 is 28.6 Å². The molecule has 1 aromatic carbocycles. The number of carbonyl (C=O) groups is 2. The lowest BCUT2D eigenvalue weighted by Crippen LogP contribution is -2.31. The van der Waals surface area contributed by atoms with Crippen molar-refractivity contribution in [2.75, 3.05) is 19.8 Å². The number of carbonyl (C=O) groups excluding carboxylic acids is 2. The Morgan fingerprint density at radius 2 is 1.58 bits per heavy atom. The molecule has 0 radical (unpaired) electrons. The highest BCUT2D eigenvalue weighted by atomic mass is 28.4. The molecule has 0 bridgehead atoms. The summed E-state index contributed by atoms with van der Waals surface area (Å²) < 4.78 is 15.4. The summed E-state index contributed by atoms with van der Waals surface area (Å²) in [4.78, 5) is 33.9. The predicted molar refractivity (Wildman–Crippen MR) is 102 cm³/mol. The number of esters is 2. The van der Waals surface area contributed by atoms with Crippen molar-refractivity contribution in [1.82, 2.24) is 0 Å². The standard InChI is InChI=1S/C19H26O6Si/c1-6-23-18(20)17(19(21)24-7-2)12-15-8-10-16(11-9-15)25-13-14(3)26(4,5)22/h8-12,22H,3,6-7,13H2,1-2,4-5H3. The third-order valence-electron chi connectivity index (χ3n) is 3.46. The maximum absolute atomic E-state index is 12.0. The van der Waals surface area contributed by atoms with E-state index in [1.54, 1.807) is 51.2 Å². The molecular weight excluding hydrogens is 352 g/mol. The van der Waals surface area contributed by atoms with Gasteiger partial charge in [0.25, 0.3) is 0 Å². The molecular formula is C19H26O6Si. The maximum atomic E-state index is 12.0. The van der Waals surface area contributed by atoms with Crippen LogP contribution in [0.25, 0.3) is 6.08 Å². The van der Waals surface area contributed by atoms with Gasteiger partial charge in [-0.3, -0.25) is 0 Å². The van der Waals surface area contributed by atoms with Crippen LogP contribution in [0.4, 0.5) is 0 Å². The molecule has 0 spiro atoms. The molecule has 0 aliphatic rings. The summed E-state index contributed by atoms with van der Waals surface area (Å²) in [5.41, 5.74) is 0.466. The highest BCUT2D eigenvalue weighted by Crippen LogP contribution is 2.18. The molecule has 7 heteroatoms. The molecule has 26 heavy (non-hydrogen) atoms. The Morgan fingerprint density at radius 1 is 1.08 bits per heavy atom. The van der Waals surface area contributed by atoms with E-state index in [0.29, 0.717) is 16.5 Å². The van der Waals surface area contributed by atoms with Gasteiger partial charge in [0.15, 0.2) is 0 Å². The summed E-state index contributed by atoms with van der Waals surface area (Å²) in [5, 5.41) is 0.688. The topological polar surface area (TPSA) is 82.1 Å². The molecule has 6 nitrogen and oxygen atoms in total. The van der Waals surface area contributed by atoms with E-state index < -0.39 is 20.3 Å². The zero-order valence-electron chi connectivity index (χ0n) is 15.7. The van der Waals surface area contributed by atoms with Crippen molar-refractivity contribution >= 4 is 26.3 Å². The summed E-state index contributed by atoms with van der Waals surface area (Å²) in [6.07, 6.45) is 1.42. The Hall–Kier alpha value is -2.38. The van der Waals surface area contributed by atoms with Crippen molar-refractivity contribution in [2.24, 2.45) is 0 Å². The molecule has 0 atom stereocenters. The zero-order valence-corrected chi connectivity index (χ0v) is 16.7. The van der Waals surface area contributed by atoms with Crippen LogP contribution in [0, 0.1) is 0 Å². The largest absolute Gasteiger partial charge is 0.490 e. The maximum Gasteiger partial charge on any atom is 0.345 e. The normalized spacial score (nSPS) is 10.7. The number of hydrogen-bond donors (Lipinski definition) is 1. The Morgan fingerprint density at radius 3 is 2.00 bits per heavy atom. The molecule has 0 aliphatic heterocycles. The Kier molecular flexibility index (Phi) is 8.28. The molecule has 0 heterocycles. The Labute approximate surface area is 155 Å². The minimum absolute atomic E-state index is 0.163. The molecule has 0 saturated carbocycles. The van der Waals surface area contributed by atoms with Gasteiger partial charge in [0, 0.05) is 0 Å². The van der Waals surface area contributed by atoms with Gasteiger partial charge in [-0.05, 0) is 55.9 Å². The van der Waals surface area contributed by atoms with Gasteiger partial charge in [-0.25, -0.2) is 9.59 Å². The van der Waals surface area contributed by atoms with Crippen molar-refractivity contribution in [3.05, 3.63) is 47.2 Å². The van der Waals surface area contributed by atoms with E-state index in [1.807, 2.05) is 0 Å². The van der Waals surface area contributed by atoms with Crippen LogP contribution >= 0.6 is 0 Å². The highest BCUT2D eigenvalue weighted by molar-refractivity contribution is 6.77. The van der Waals surface area contributed by atoms with Crippen molar-refractivity contribution in [2.45, 2.75) is 26.9 Å². The third kappa shape index (κ3) is 6.85. The molecule has 0 fully saturated rings. The molecule has 0 unspecified atom stereocenters. The zero-order chi connectivity index (χ0) is 19.7. The SMILES string of the molecule is C=C(COc1ccc(C=C(C(=O)OCC)C(=O)OCC)cc1)[Si](C)(C)O. The molecule has 1 N–H and O–H groups in total. The lowest BCUT2D eigenvalue weighted by Gasteiger charge is -2.17. The highest BCUT2D eigenvalue weighted by Gasteiger charge is 2.22. The van der Waals surface area contributed by atoms with E-state index in [9.17, 15) is 14.4 Å². The van der Waals surface area contributed by atoms with Crippen LogP contribution in [0.5, 0.6) is 5.75 Å². The molecule has 0 saturated heterocycles. The van der Waals surface area contributed by atoms with E-state index in [1.165, 1.54) is 6.08 Å². The first-order valence-electron chi connectivity index (χ1n) is 8.38. The smallest absolute Gasteiger partial charge is 0.345 e. The summed E-state index contributed by atoms with van der Waals surface area (Å²) in [6.45, 7) is 11.3. The summed E-state index contributed by atoms with van der Waals surface area (Å²) >= 11 is 0. The van der Waals surface area contributed by atoms with Gasteiger partial charge < -0.3 is 19.0 Å². The average Bonchev–Trinajstić information content (AvgIpc) is 2.58. The molecule has 0 aromatic heterocycles. The molecule has 0 amide bonds. The van der Waals surface area contributed by atoms with Gasteiger partial charge in [0.2, 0.25) is 8.32 Å². The predicted octanol–water partition coefficient (Wildman–Crippen LogP) is 2.87. The summed E-state index contributed by atoms with van der Waals surface area (Å²) in [5.74, 6) is -0.856. The van der Waals surface area contributed by atoms with Crippen LogP contribution in [0.2, 0.25) is 13.1 Å².